The third-order valence-electron chi connectivity index (χ3n) is 3.49. The molecule has 0 fully saturated rings. The van der Waals surface area contributed by atoms with Crippen molar-refractivity contribution in [2.45, 2.75) is 20.3 Å². The van der Waals surface area contributed by atoms with E-state index in [1.165, 1.54) is 18.2 Å². The number of phenols is 2. The van der Waals surface area contributed by atoms with Gasteiger partial charge in [0.25, 0.3) is 5.69 Å². The lowest BCUT2D eigenvalue weighted by Gasteiger charge is -2.06. The maximum absolute atomic E-state index is 10.6. The lowest BCUT2D eigenvalue weighted by molar-refractivity contribution is -0.384. The molecule has 5 heteroatoms. The zero-order valence-electron chi connectivity index (χ0n) is 13.6. The van der Waals surface area contributed by atoms with E-state index in [-0.39, 0.29) is 17.2 Å². The van der Waals surface area contributed by atoms with E-state index in [9.17, 15) is 20.3 Å². The Morgan fingerprint density at radius 2 is 1.71 bits per heavy atom. The van der Waals surface area contributed by atoms with Crippen molar-refractivity contribution < 1.29 is 15.1 Å². The number of rotatable bonds is 5. The van der Waals surface area contributed by atoms with Gasteiger partial charge in [0.05, 0.1) is 4.92 Å². The minimum Gasteiger partial charge on any atom is -0.504 e. The van der Waals surface area contributed by atoms with Crippen molar-refractivity contribution in [3.8, 4) is 11.5 Å². The van der Waals surface area contributed by atoms with E-state index in [1.54, 1.807) is 30.4 Å². The van der Waals surface area contributed by atoms with Gasteiger partial charge in [-0.3, -0.25) is 10.1 Å². The third-order valence-corrected chi connectivity index (χ3v) is 3.49. The normalized spacial score (nSPS) is 10.8. The summed E-state index contributed by atoms with van der Waals surface area (Å²) in [4.78, 5) is 10.2. The van der Waals surface area contributed by atoms with Crippen LogP contribution in [0.3, 0.4) is 0 Å². The predicted molar refractivity (Wildman–Crippen MR) is 94.9 cm³/mol. The van der Waals surface area contributed by atoms with Crippen LogP contribution in [0.2, 0.25) is 0 Å². The Morgan fingerprint density at radius 3 is 2.29 bits per heavy atom. The first-order valence-electron chi connectivity index (χ1n) is 7.47. The number of nitro benzene ring substituents is 1. The Hall–Kier alpha value is -3.08. The molecule has 0 radical (unpaired) electrons. The molecular formula is C19H19NO4. The van der Waals surface area contributed by atoms with Crippen molar-refractivity contribution in [1.29, 1.82) is 0 Å². The van der Waals surface area contributed by atoms with Crippen LogP contribution in [0.5, 0.6) is 11.5 Å². The lowest BCUT2D eigenvalue weighted by Crippen LogP contribution is -1.87. The van der Waals surface area contributed by atoms with E-state index in [4.69, 9.17) is 0 Å². The number of allylic oxidation sites excluding steroid dienone is 2. The highest BCUT2D eigenvalue weighted by atomic mass is 16.6. The van der Waals surface area contributed by atoms with Gasteiger partial charge in [0.2, 0.25) is 0 Å². The quantitative estimate of drug-likeness (QED) is 0.275. The fraction of sp³-hybridized carbons (Fsp3) is 0.158. The summed E-state index contributed by atoms with van der Waals surface area (Å²) in [5.74, 6) is -0.280. The van der Waals surface area contributed by atoms with Gasteiger partial charge in [-0.25, -0.2) is 0 Å². The second kappa shape index (κ2) is 7.46. The van der Waals surface area contributed by atoms with Crippen LogP contribution in [-0.4, -0.2) is 15.1 Å². The van der Waals surface area contributed by atoms with Crippen LogP contribution in [0.15, 0.2) is 48.0 Å². The first-order valence-corrected chi connectivity index (χ1v) is 7.47. The van der Waals surface area contributed by atoms with Gasteiger partial charge in [-0.05, 0) is 55.7 Å². The summed E-state index contributed by atoms with van der Waals surface area (Å²) in [6.07, 6.45) is 6.08. The summed E-state index contributed by atoms with van der Waals surface area (Å²) in [5, 5.41) is 30.4. The van der Waals surface area contributed by atoms with Crippen LogP contribution in [0.4, 0.5) is 5.69 Å². The summed E-state index contributed by atoms with van der Waals surface area (Å²) < 4.78 is 0. The van der Waals surface area contributed by atoms with Crippen LogP contribution in [0, 0.1) is 10.1 Å². The molecule has 2 aromatic carbocycles. The predicted octanol–water partition coefficient (Wildman–Crippen LogP) is 4.69. The molecule has 0 aliphatic heterocycles. The number of benzene rings is 2. The van der Waals surface area contributed by atoms with Crippen LogP contribution in [-0.2, 0) is 6.42 Å². The number of non-ortho nitro benzene ring substituents is 1. The summed E-state index contributed by atoms with van der Waals surface area (Å²) in [6, 6.07) is 9.46. The molecule has 24 heavy (non-hydrogen) atoms. The fourth-order valence-corrected chi connectivity index (χ4v) is 2.17. The van der Waals surface area contributed by atoms with Crippen LogP contribution < -0.4 is 0 Å². The van der Waals surface area contributed by atoms with Gasteiger partial charge >= 0.3 is 0 Å². The standard InChI is InChI=1S/C19H19NO4/c1-13(2)3-8-16-11-15(12-18(21)19(16)22)5-4-14-6-9-17(10-7-14)20(23)24/h3-7,9-12,21-22H,8H2,1-2H3. The molecule has 0 amide bonds. The molecule has 124 valence electrons. The molecule has 0 aromatic heterocycles. The smallest absolute Gasteiger partial charge is 0.269 e. The topological polar surface area (TPSA) is 83.6 Å². The molecule has 0 bridgehead atoms. The Kier molecular flexibility index (Phi) is 5.37. The van der Waals surface area contributed by atoms with Gasteiger partial charge in [-0.1, -0.05) is 23.8 Å². The Morgan fingerprint density at radius 1 is 1.08 bits per heavy atom. The van der Waals surface area contributed by atoms with E-state index in [1.807, 2.05) is 19.9 Å². The maximum atomic E-state index is 10.6. The van der Waals surface area contributed by atoms with Crippen LogP contribution in [0.25, 0.3) is 12.2 Å². The zero-order valence-corrected chi connectivity index (χ0v) is 13.6. The molecule has 2 rings (SSSR count). The van der Waals surface area contributed by atoms with E-state index < -0.39 is 4.92 Å². The maximum Gasteiger partial charge on any atom is 0.269 e. The van der Waals surface area contributed by atoms with Gasteiger partial charge in [-0.15, -0.1) is 0 Å². The molecule has 0 atom stereocenters. The van der Waals surface area contributed by atoms with Gasteiger partial charge in [0.15, 0.2) is 11.5 Å². The van der Waals surface area contributed by atoms with Crippen LogP contribution >= 0.6 is 0 Å². The molecule has 2 N–H and O–H groups in total. The van der Waals surface area contributed by atoms with E-state index in [0.717, 1.165) is 16.7 Å². The summed E-state index contributed by atoms with van der Waals surface area (Å²) >= 11 is 0. The minimum absolute atomic E-state index is 0.0402. The SMILES string of the molecule is CC(C)=CCc1cc(C=Cc2ccc([N+](=O)[O-])cc2)cc(O)c1O. The largest absolute Gasteiger partial charge is 0.504 e. The number of hydrogen-bond acceptors (Lipinski definition) is 4. The average molecular weight is 325 g/mol. The number of nitro groups is 1. The van der Waals surface area contributed by atoms with Crippen molar-refractivity contribution in [2.24, 2.45) is 0 Å². The van der Waals surface area contributed by atoms with Crippen molar-refractivity contribution in [2.75, 3.05) is 0 Å². The minimum atomic E-state index is -0.443. The first kappa shape index (κ1) is 17.3. The number of nitrogens with zero attached hydrogens (tertiary/aromatic N) is 1. The van der Waals surface area contributed by atoms with Crippen molar-refractivity contribution in [3.63, 3.8) is 0 Å². The second-order valence-electron chi connectivity index (χ2n) is 5.72. The van der Waals surface area contributed by atoms with E-state index in [2.05, 4.69) is 0 Å². The average Bonchev–Trinajstić information content (AvgIpc) is 2.54. The summed E-state index contributed by atoms with van der Waals surface area (Å²) in [6.45, 7) is 3.94. The monoisotopic (exact) mass is 325 g/mol. The van der Waals surface area contributed by atoms with E-state index >= 15 is 0 Å². The molecule has 0 aliphatic carbocycles. The Labute approximate surface area is 140 Å². The Bertz CT molecular complexity index is 801. The molecule has 0 saturated heterocycles. The molecule has 5 nitrogen and oxygen atoms in total. The highest BCUT2D eigenvalue weighted by molar-refractivity contribution is 5.72. The van der Waals surface area contributed by atoms with Crippen LogP contribution in [0.1, 0.15) is 30.5 Å². The molecule has 0 spiro atoms. The molecule has 0 aliphatic rings. The highest BCUT2D eigenvalue weighted by Crippen LogP contribution is 2.32. The zero-order chi connectivity index (χ0) is 17.7. The fourth-order valence-electron chi connectivity index (χ4n) is 2.17. The van der Waals surface area contributed by atoms with Gasteiger partial charge < -0.3 is 10.2 Å². The van der Waals surface area contributed by atoms with Gasteiger partial charge in [-0.2, -0.15) is 0 Å². The van der Waals surface area contributed by atoms with E-state index in [0.29, 0.717) is 12.0 Å². The summed E-state index contributed by atoms with van der Waals surface area (Å²) in [7, 11) is 0. The van der Waals surface area contributed by atoms with Crippen molar-refractivity contribution in [1.82, 2.24) is 0 Å². The van der Waals surface area contributed by atoms with Crippen molar-refractivity contribution in [3.05, 3.63) is 74.9 Å². The number of phenolic OH excluding ortho intramolecular Hbond substituents is 2. The summed E-state index contributed by atoms with van der Waals surface area (Å²) in [5.41, 5.74) is 3.35. The van der Waals surface area contributed by atoms with Gasteiger partial charge in [0, 0.05) is 17.7 Å². The van der Waals surface area contributed by atoms with Crippen molar-refractivity contribution >= 4 is 17.8 Å². The third kappa shape index (κ3) is 4.46. The molecule has 0 saturated carbocycles. The molecular weight excluding hydrogens is 306 g/mol. The second-order valence-corrected chi connectivity index (χ2v) is 5.72. The van der Waals surface area contributed by atoms with Gasteiger partial charge in [0.1, 0.15) is 0 Å². The Balaban J connectivity index is 2.25. The lowest BCUT2D eigenvalue weighted by atomic mass is 10.0. The molecule has 0 unspecified atom stereocenters. The molecule has 0 heterocycles. The first-order chi connectivity index (χ1) is 11.4. The highest BCUT2D eigenvalue weighted by Gasteiger charge is 2.07. The number of aromatic hydroxyl groups is 2. The molecule has 2 aromatic rings. The number of hydrogen-bond donors (Lipinski definition) is 2.